The number of nitrogens with one attached hydrogen (secondary N) is 2. The summed E-state index contributed by atoms with van der Waals surface area (Å²) >= 11 is 0. The Morgan fingerprint density at radius 1 is 1.33 bits per heavy atom. The topological polar surface area (TPSA) is 40.2 Å². The highest BCUT2D eigenvalue weighted by Crippen LogP contribution is 2.14. The van der Waals surface area contributed by atoms with Crippen LogP contribution >= 0.6 is 0 Å². The second-order valence-corrected chi connectivity index (χ2v) is 6.22. The van der Waals surface area contributed by atoms with Crippen LogP contribution in [0.25, 0.3) is 0 Å². The van der Waals surface area contributed by atoms with Crippen LogP contribution in [0.4, 0.5) is 4.39 Å². The van der Waals surface area contributed by atoms with E-state index < -0.39 is 6.17 Å². The van der Waals surface area contributed by atoms with E-state index in [4.69, 9.17) is 0 Å². The lowest BCUT2D eigenvalue weighted by atomic mass is 10.0. The Bertz CT molecular complexity index is 420. The van der Waals surface area contributed by atoms with Gasteiger partial charge in [0.05, 0.1) is 5.69 Å². The number of piperidine rings is 1. The molecular formula is C16H25FN4. The van der Waals surface area contributed by atoms with E-state index in [9.17, 15) is 4.39 Å². The number of alkyl halides is 1. The van der Waals surface area contributed by atoms with Crippen LogP contribution < -0.4 is 10.6 Å². The monoisotopic (exact) mass is 292 g/mol. The molecule has 0 aromatic carbocycles. The van der Waals surface area contributed by atoms with E-state index in [1.807, 2.05) is 18.3 Å². The predicted molar refractivity (Wildman–Crippen MR) is 81.8 cm³/mol. The molecule has 0 radical (unpaired) electrons. The minimum absolute atomic E-state index is 0.312. The predicted octanol–water partition coefficient (Wildman–Crippen LogP) is 1.34. The molecule has 2 fully saturated rings. The van der Waals surface area contributed by atoms with Crippen molar-refractivity contribution in [3.63, 3.8) is 0 Å². The molecule has 5 heteroatoms. The smallest absolute Gasteiger partial charge is 0.114 e. The van der Waals surface area contributed by atoms with Crippen molar-refractivity contribution >= 4 is 0 Å². The third-order valence-electron chi connectivity index (χ3n) is 4.52. The van der Waals surface area contributed by atoms with Gasteiger partial charge in [0.15, 0.2) is 0 Å². The molecule has 0 saturated carbocycles. The van der Waals surface area contributed by atoms with Crippen molar-refractivity contribution in [2.45, 2.75) is 44.1 Å². The second kappa shape index (κ2) is 7.29. The summed E-state index contributed by atoms with van der Waals surface area (Å²) in [6.45, 7) is 4.58. The van der Waals surface area contributed by atoms with E-state index in [0.717, 1.165) is 31.9 Å². The highest BCUT2D eigenvalue weighted by Gasteiger charge is 2.25. The van der Waals surface area contributed by atoms with Gasteiger partial charge in [0.25, 0.3) is 0 Å². The molecule has 0 spiro atoms. The standard InChI is InChI=1S/C16H25FN4/c17-13-9-16(19-10-13)11-20-14-4-7-21(8-5-14)12-15-3-1-2-6-18-15/h1-3,6,13-14,16,19-20H,4-5,7-12H2/t13-,16-/m0/s1. The first-order valence-electron chi connectivity index (χ1n) is 8.02. The van der Waals surface area contributed by atoms with Crippen LogP contribution in [0.1, 0.15) is 25.0 Å². The Morgan fingerprint density at radius 2 is 2.19 bits per heavy atom. The Kier molecular flexibility index (Phi) is 5.17. The average molecular weight is 292 g/mol. The van der Waals surface area contributed by atoms with Gasteiger partial charge in [0.1, 0.15) is 6.17 Å². The van der Waals surface area contributed by atoms with Crippen molar-refractivity contribution in [3.8, 4) is 0 Å². The van der Waals surface area contributed by atoms with Crippen LogP contribution in [0.15, 0.2) is 24.4 Å². The molecule has 4 nitrogen and oxygen atoms in total. The Balaban J connectivity index is 1.35. The lowest BCUT2D eigenvalue weighted by molar-refractivity contribution is 0.187. The minimum Gasteiger partial charge on any atom is -0.312 e. The number of halogens is 1. The van der Waals surface area contributed by atoms with E-state index in [0.29, 0.717) is 25.0 Å². The highest BCUT2D eigenvalue weighted by molar-refractivity contribution is 5.03. The molecule has 3 heterocycles. The number of nitrogens with zero attached hydrogens (tertiary/aromatic N) is 2. The number of hydrogen-bond donors (Lipinski definition) is 2. The normalized spacial score (nSPS) is 28.0. The van der Waals surface area contributed by atoms with Gasteiger partial charge in [-0.25, -0.2) is 4.39 Å². The Labute approximate surface area is 126 Å². The number of rotatable bonds is 5. The minimum atomic E-state index is -0.656. The largest absolute Gasteiger partial charge is 0.312 e. The van der Waals surface area contributed by atoms with E-state index in [-0.39, 0.29) is 0 Å². The van der Waals surface area contributed by atoms with Gasteiger partial charge < -0.3 is 10.6 Å². The summed E-state index contributed by atoms with van der Waals surface area (Å²) in [4.78, 5) is 6.85. The molecule has 2 aliphatic rings. The highest BCUT2D eigenvalue weighted by atomic mass is 19.1. The number of likely N-dealkylation sites (tertiary alicyclic amines) is 1. The molecule has 116 valence electrons. The molecular weight excluding hydrogens is 267 g/mol. The first kappa shape index (κ1) is 14.9. The summed E-state index contributed by atoms with van der Waals surface area (Å²) in [5.74, 6) is 0. The first-order chi connectivity index (χ1) is 10.3. The number of aromatic nitrogens is 1. The van der Waals surface area contributed by atoms with Gasteiger partial charge in [0, 0.05) is 51.0 Å². The third kappa shape index (κ3) is 4.46. The first-order valence-corrected chi connectivity index (χ1v) is 8.02. The Morgan fingerprint density at radius 3 is 2.86 bits per heavy atom. The van der Waals surface area contributed by atoms with Crippen molar-refractivity contribution in [1.82, 2.24) is 20.5 Å². The van der Waals surface area contributed by atoms with Crippen molar-refractivity contribution in [1.29, 1.82) is 0 Å². The van der Waals surface area contributed by atoms with Gasteiger partial charge in [-0.1, -0.05) is 6.07 Å². The van der Waals surface area contributed by atoms with Gasteiger partial charge in [-0.15, -0.1) is 0 Å². The molecule has 2 aliphatic heterocycles. The molecule has 1 aromatic rings. The van der Waals surface area contributed by atoms with E-state index in [1.54, 1.807) is 0 Å². The lowest BCUT2D eigenvalue weighted by Crippen LogP contribution is -2.45. The Hall–Kier alpha value is -1.04. The van der Waals surface area contributed by atoms with Crippen LogP contribution in [-0.2, 0) is 6.54 Å². The lowest BCUT2D eigenvalue weighted by Gasteiger charge is -2.32. The summed E-state index contributed by atoms with van der Waals surface area (Å²) in [5.41, 5.74) is 1.15. The van der Waals surface area contributed by atoms with Crippen molar-refractivity contribution < 1.29 is 4.39 Å². The quantitative estimate of drug-likeness (QED) is 0.859. The molecule has 0 aliphatic carbocycles. The van der Waals surface area contributed by atoms with Gasteiger partial charge in [0.2, 0.25) is 0 Å². The molecule has 21 heavy (non-hydrogen) atoms. The summed E-state index contributed by atoms with van der Waals surface area (Å²) in [6.07, 6.45) is 4.19. The average Bonchev–Trinajstić information content (AvgIpc) is 2.93. The zero-order valence-corrected chi connectivity index (χ0v) is 12.5. The maximum absolute atomic E-state index is 13.1. The van der Waals surface area contributed by atoms with Crippen LogP contribution in [0.5, 0.6) is 0 Å². The summed E-state index contributed by atoms with van der Waals surface area (Å²) in [6, 6.07) is 6.97. The van der Waals surface area contributed by atoms with Crippen molar-refractivity contribution in [2.24, 2.45) is 0 Å². The molecule has 0 amide bonds. The maximum Gasteiger partial charge on any atom is 0.114 e. The molecule has 2 N–H and O–H groups in total. The van der Waals surface area contributed by atoms with Crippen LogP contribution in [-0.4, -0.2) is 54.3 Å². The van der Waals surface area contributed by atoms with E-state index in [2.05, 4.69) is 26.6 Å². The number of pyridine rings is 1. The van der Waals surface area contributed by atoms with E-state index in [1.165, 1.54) is 12.8 Å². The van der Waals surface area contributed by atoms with Gasteiger partial charge in [-0.05, 0) is 31.4 Å². The summed E-state index contributed by atoms with van der Waals surface area (Å²) in [5, 5.41) is 6.83. The SMILES string of the molecule is F[C@@H]1CN[C@H](CNC2CCN(Cc3ccccn3)CC2)C1. The zero-order chi connectivity index (χ0) is 14.5. The fraction of sp³-hybridized carbons (Fsp3) is 0.688. The molecule has 0 bridgehead atoms. The number of hydrogen-bond acceptors (Lipinski definition) is 4. The molecule has 3 rings (SSSR count). The van der Waals surface area contributed by atoms with Crippen molar-refractivity contribution in [2.75, 3.05) is 26.2 Å². The van der Waals surface area contributed by atoms with Gasteiger partial charge >= 0.3 is 0 Å². The fourth-order valence-electron chi connectivity index (χ4n) is 3.25. The second-order valence-electron chi connectivity index (χ2n) is 6.22. The van der Waals surface area contributed by atoms with Gasteiger partial charge in [-0.3, -0.25) is 9.88 Å². The van der Waals surface area contributed by atoms with E-state index >= 15 is 0 Å². The molecule has 2 saturated heterocycles. The van der Waals surface area contributed by atoms with Crippen LogP contribution in [0.2, 0.25) is 0 Å². The summed E-state index contributed by atoms with van der Waals surface area (Å²) in [7, 11) is 0. The van der Waals surface area contributed by atoms with Crippen molar-refractivity contribution in [3.05, 3.63) is 30.1 Å². The maximum atomic E-state index is 13.1. The van der Waals surface area contributed by atoms with Crippen LogP contribution in [0, 0.1) is 0 Å². The fourth-order valence-corrected chi connectivity index (χ4v) is 3.25. The van der Waals surface area contributed by atoms with Crippen LogP contribution in [0.3, 0.4) is 0 Å². The van der Waals surface area contributed by atoms with Gasteiger partial charge in [-0.2, -0.15) is 0 Å². The molecule has 1 aromatic heterocycles. The summed E-state index contributed by atoms with van der Waals surface area (Å²) < 4.78 is 13.1. The third-order valence-corrected chi connectivity index (χ3v) is 4.52. The zero-order valence-electron chi connectivity index (χ0n) is 12.5. The molecule has 2 atom stereocenters. The molecule has 0 unspecified atom stereocenters.